The zero-order valence-corrected chi connectivity index (χ0v) is 12.7. The highest BCUT2D eigenvalue weighted by Crippen LogP contribution is 2.25. The number of rotatable bonds is 6. The molecule has 6 nitrogen and oxygen atoms in total. The third kappa shape index (κ3) is 5.22. The molecule has 21 heavy (non-hydrogen) atoms. The Balaban J connectivity index is 2.60. The summed E-state index contributed by atoms with van der Waals surface area (Å²) in [7, 11) is 0. The van der Waals surface area contributed by atoms with Gasteiger partial charge in [-0.1, -0.05) is 19.9 Å². The molecular formula is C15H22N4O2. The second-order valence-corrected chi connectivity index (χ2v) is 5.50. The molecule has 0 saturated heterocycles. The number of nitrogens with two attached hydrogens (primary N) is 1. The Labute approximate surface area is 125 Å². The molecule has 0 aromatic heterocycles. The van der Waals surface area contributed by atoms with Crippen molar-refractivity contribution in [3.05, 3.63) is 23.8 Å². The van der Waals surface area contributed by atoms with Gasteiger partial charge in [-0.3, -0.25) is 0 Å². The van der Waals surface area contributed by atoms with Crippen LogP contribution in [0.2, 0.25) is 0 Å². The van der Waals surface area contributed by atoms with E-state index >= 15 is 0 Å². The van der Waals surface area contributed by atoms with Crippen LogP contribution in [-0.2, 0) is 0 Å². The molecule has 6 heteroatoms. The Morgan fingerprint density at radius 3 is 2.76 bits per heavy atom. The molecule has 0 heterocycles. The van der Waals surface area contributed by atoms with Crippen molar-refractivity contribution in [2.24, 2.45) is 5.41 Å². The molecule has 0 spiro atoms. The van der Waals surface area contributed by atoms with Crippen LogP contribution in [0.4, 0.5) is 10.5 Å². The number of urea groups is 1. The average molecular weight is 290 g/mol. The third-order valence-electron chi connectivity index (χ3n) is 2.85. The van der Waals surface area contributed by atoms with Crippen LogP contribution in [0.5, 0.6) is 5.75 Å². The number of carbonyl (C=O) groups is 1. The van der Waals surface area contributed by atoms with Crippen molar-refractivity contribution < 1.29 is 9.53 Å². The second-order valence-electron chi connectivity index (χ2n) is 5.50. The number of hydrogen-bond acceptors (Lipinski definition) is 4. The quantitative estimate of drug-likeness (QED) is 0.696. The van der Waals surface area contributed by atoms with Gasteiger partial charge in [0, 0.05) is 18.5 Å². The maximum atomic E-state index is 11.4. The van der Waals surface area contributed by atoms with Crippen LogP contribution >= 0.6 is 0 Å². The molecule has 0 radical (unpaired) electrons. The molecule has 1 aromatic rings. The number of nitrogens with zero attached hydrogens (tertiary/aromatic N) is 1. The van der Waals surface area contributed by atoms with Crippen molar-refractivity contribution in [3.8, 4) is 11.8 Å². The fraction of sp³-hybridized carbons (Fsp3) is 0.467. The van der Waals surface area contributed by atoms with Gasteiger partial charge in [-0.2, -0.15) is 5.26 Å². The number of benzene rings is 1. The number of nitriles is 1. The smallest absolute Gasteiger partial charge is 0.314 e. The topological polar surface area (TPSA) is 100 Å². The van der Waals surface area contributed by atoms with Gasteiger partial charge in [-0.15, -0.1) is 0 Å². The molecule has 0 fully saturated rings. The van der Waals surface area contributed by atoms with E-state index in [-0.39, 0.29) is 11.4 Å². The van der Waals surface area contributed by atoms with E-state index in [9.17, 15) is 4.79 Å². The summed E-state index contributed by atoms with van der Waals surface area (Å²) in [6.45, 7) is 7.20. The van der Waals surface area contributed by atoms with Gasteiger partial charge in [0.2, 0.25) is 0 Å². The number of nitrogens with one attached hydrogen (secondary N) is 2. The molecule has 1 aromatic carbocycles. The Kier molecular flexibility index (Phi) is 5.85. The molecule has 1 rings (SSSR count). The maximum Gasteiger partial charge on any atom is 0.314 e. The molecule has 0 aliphatic carbocycles. The average Bonchev–Trinajstić information content (AvgIpc) is 2.44. The van der Waals surface area contributed by atoms with Gasteiger partial charge < -0.3 is 21.1 Å². The van der Waals surface area contributed by atoms with E-state index in [1.807, 2.05) is 26.8 Å². The van der Waals surface area contributed by atoms with Gasteiger partial charge in [0.1, 0.15) is 17.4 Å². The minimum absolute atomic E-state index is 0.202. The van der Waals surface area contributed by atoms with Gasteiger partial charge in [0.15, 0.2) is 0 Å². The van der Waals surface area contributed by atoms with E-state index in [0.717, 1.165) is 0 Å². The molecule has 114 valence electrons. The highest BCUT2D eigenvalue weighted by molar-refractivity contribution is 5.73. The van der Waals surface area contributed by atoms with E-state index < -0.39 is 0 Å². The van der Waals surface area contributed by atoms with Crippen molar-refractivity contribution in [1.82, 2.24) is 10.6 Å². The van der Waals surface area contributed by atoms with Crippen LogP contribution in [0.25, 0.3) is 0 Å². The third-order valence-corrected chi connectivity index (χ3v) is 2.85. The largest absolute Gasteiger partial charge is 0.491 e. The van der Waals surface area contributed by atoms with Gasteiger partial charge in [0.25, 0.3) is 0 Å². The van der Waals surface area contributed by atoms with E-state index in [1.54, 1.807) is 18.2 Å². The summed E-state index contributed by atoms with van der Waals surface area (Å²) in [6.07, 6.45) is 0. The lowest BCUT2D eigenvalue weighted by Crippen LogP contribution is -2.42. The Morgan fingerprint density at radius 1 is 1.43 bits per heavy atom. The van der Waals surface area contributed by atoms with Gasteiger partial charge in [-0.05, 0) is 19.1 Å². The Bertz CT molecular complexity index is 535. The zero-order valence-electron chi connectivity index (χ0n) is 12.7. The summed E-state index contributed by atoms with van der Waals surface area (Å²) in [4.78, 5) is 11.4. The zero-order chi connectivity index (χ0) is 15.9. The van der Waals surface area contributed by atoms with Gasteiger partial charge in [-0.25, -0.2) is 4.79 Å². The number of ether oxygens (including phenoxy) is 1. The van der Waals surface area contributed by atoms with Crippen molar-refractivity contribution in [2.45, 2.75) is 20.8 Å². The van der Waals surface area contributed by atoms with E-state index in [0.29, 0.717) is 36.7 Å². The normalized spacial score (nSPS) is 10.6. The standard InChI is InChI=1S/C15H22N4O2/c1-4-18-14(20)19-9-15(2,3)10-21-13-7-5-6-12(17)11(13)8-16/h5-7H,4,9-10,17H2,1-3H3,(H2,18,19,20). The number of hydrogen-bond donors (Lipinski definition) is 3. The highest BCUT2D eigenvalue weighted by Gasteiger charge is 2.21. The number of amides is 2. The van der Waals surface area contributed by atoms with Gasteiger partial charge >= 0.3 is 6.03 Å². The molecule has 0 unspecified atom stereocenters. The van der Waals surface area contributed by atoms with Crippen LogP contribution in [0.15, 0.2) is 18.2 Å². The monoisotopic (exact) mass is 290 g/mol. The first kappa shape index (κ1) is 16.6. The molecule has 2 amide bonds. The molecule has 0 saturated carbocycles. The molecule has 0 bridgehead atoms. The summed E-state index contributed by atoms with van der Waals surface area (Å²) in [5.41, 5.74) is 6.19. The number of carbonyl (C=O) groups excluding carboxylic acids is 1. The summed E-state index contributed by atoms with van der Waals surface area (Å²) in [6, 6.07) is 6.95. The lowest BCUT2D eigenvalue weighted by atomic mass is 9.95. The highest BCUT2D eigenvalue weighted by atomic mass is 16.5. The first-order valence-corrected chi connectivity index (χ1v) is 6.82. The van der Waals surface area contributed by atoms with E-state index in [4.69, 9.17) is 15.7 Å². The summed E-state index contributed by atoms with van der Waals surface area (Å²) in [5, 5.41) is 14.5. The predicted octanol–water partition coefficient (Wildman–Crippen LogP) is 1.86. The van der Waals surface area contributed by atoms with Crippen LogP contribution < -0.4 is 21.1 Å². The number of nitrogen functional groups attached to an aromatic ring is 1. The van der Waals surface area contributed by atoms with Crippen molar-refractivity contribution >= 4 is 11.7 Å². The fourth-order valence-electron chi connectivity index (χ4n) is 1.65. The molecule has 0 atom stereocenters. The minimum atomic E-state index is -0.275. The van der Waals surface area contributed by atoms with E-state index in [1.165, 1.54) is 0 Å². The SMILES string of the molecule is CCNC(=O)NCC(C)(C)COc1cccc(N)c1C#N. The van der Waals surface area contributed by atoms with Crippen LogP contribution in [-0.4, -0.2) is 25.7 Å². The summed E-state index contributed by atoms with van der Waals surface area (Å²) < 4.78 is 5.69. The second kappa shape index (κ2) is 7.39. The molecule has 4 N–H and O–H groups in total. The molecule has 0 aliphatic heterocycles. The van der Waals surface area contributed by atoms with Crippen molar-refractivity contribution in [3.63, 3.8) is 0 Å². The molecule has 0 aliphatic rings. The predicted molar refractivity (Wildman–Crippen MR) is 81.9 cm³/mol. The lowest BCUT2D eigenvalue weighted by Gasteiger charge is -2.25. The fourth-order valence-corrected chi connectivity index (χ4v) is 1.65. The number of anilines is 1. The first-order chi connectivity index (χ1) is 9.89. The summed E-state index contributed by atoms with van der Waals surface area (Å²) in [5.74, 6) is 0.462. The Morgan fingerprint density at radius 2 is 2.14 bits per heavy atom. The van der Waals surface area contributed by atoms with Crippen molar-refractivity contribution in [2.75, 3.05) is 25.4 Å². The van der Waals surface area contributed by atoms with E-state index in [2.05, 4.69) is 10.6 Å². The Hall–Kier alpha value is -2.42. The summed E-state index contributed by atoms with van der Waals surface area (Å²) >= 11 is 0. The van der Waals surface area contributed by atoms with Crippen LogP contribution in [0.3, 0.4) is 0 Å². The van der Waals surface area contributed by atoms with Crippen LogP contribution in [0.1, 0.15) is 26.3 Å². The first-order valence-electron chi connectivity index (χ1n) is 6.82. The van der Waals surface area contributed by atoms with Crippen LogP contribution in [0, 0.1) is 16.7 Å². The molecular weight excluding hydrogens is 268 g/mol. The van der Waals surface area contributed by atoms with Crippen molar-refractivity contribution in [1.29, 1.82) is 5.26 Å². The minimum Gasteiger partial charge on any atom is -0.491 e. The van der Waals surface area contributed by atoms with Gasteiger partial charge in [0.05, 0.1) is 12.3 Å². The maximum absolute atomic E-state index is 11.4. The lowest BCUT2D eigenvalue weighted by molar-refractivity contribution is 0.175.